The van der Waals surface area contributed by atoms with Gasteiger partial charge in [-0.05, 0) is 34.5 Å². The third-order valence-corrected chi connectivity index (χ3v) is 3.95. The third kappa shape index (κ3) is 4.11. The van der Waals surface area contributed by atoms with Crippen LogP contribution in [0.1, 0.15) is 23.7 Å². The predicted molar refractivity (Wildman–Crippen MR) is 85.2 cm³/mol. The average molecular weight is 357 g/mol. The van der Waals surface area contributed by atoms with Crippen LogP contribution in [0.5, 0.6) is 11.5 Å². The SMILES string of the molecule is CCCOc1c(Br)cc(C(=O)NCC2CNC2)cc1OC. The number of carbonyl (C=O) groups excluding carboxylic acids is 1. The number of halogens is 1. The Morgan fingerprint density at radius 1 is 1.48 bits per heavy atom. The number of methoxy groups -OCH3 is 1. The first-order valence-corrected chi connectivity index (χ1v) is 7.94. The van der Waals surface area contributed by atoms with Crippen molar-refractivity contribution in [3.05, 3.63) is 22.2 Å². The smallest absolute Gasteiger partial charge is 0.251 e. The lowest BCUT2D eigenvalue weighted by Crippen LogP contribution is -2.48. The van der Waals surface area contributed by atoms with Crippen molar-refractivity contribution in [3.8, 4) is 11.5 Å². The van der Waals surface area contributed by atoms with E-state index in [1.165, 1.54) is 0 Å². The van der Waals surface area contributed by atoms with E-state index in [1.807, 2.05) is 6.92 Å². The standard InChI is InChI=1S/C15H21BrN2O3/c1-3-4-21-14-12(16)5-11(6-13(14)20-2)15(19)18-9-10-7-17-8-10/h5-6,10,17H,3-4,7-9H2,1-2H3,(H,18,19). The molecule has 2 rings (SSSR count). The highest BCUT2D eigenvalue weighted by atomic mass is 79.9. The van der Waals surface area contributed by atoms with Gasteiger partial charge in [-0.15, -0.1) is 0 Å². The molecule has 0 spiro atoms. The summed E-state index contributed by atoms with van der Waals surface area (Å²) in [5.74, 6) is 1.64. The Morgan fingerprint density at radius 2 is 2.24 bits per heavy atom. The van der Waals surface area contributed by atoms with Crippen molar-refractivity contribution in [3.63, 3.8) is 0 Å². The number of ether oxygens (including phenoxy) is 2. The monoisotopic (exact) mass is 356 g/mol. The number of amides is 1. The van der Waals surface area contributed by atoms with E-state index in [4.69, 9.17) is 9.47 Å². The molecule has 1 aromatic rings. The number of benzene rings is 1. The van der Waals surface area contributed by atoms with Crippen LogP contribution in [-0.4, -0.2) is 39.3 Å². The second-order valence-electron chi connectivity index (χ2n) is 5.07. The number of carbonyl (C=O) groups is 1. The molecular weight excluding hydrogens is 336 g/mol. The number of hydrogen-bond donors (Lipinski definition) is 2. The van der Waals surface area contributed by atoms with Gasteiger partial charge in [0.15, 0.2) is 11.5 Å². The molecule has 0 radical (unpaired) electrons. The molecule has 116 valence electrons. The molecule has 6 heteroatoms. The molecule has 1 aromatic carbocycles. The van der Waals surface area contributed by atoms with Gasteiger partial charge in [0.1, 0.15) is 0 Å². The summed E-state index contributed by atoms with van der Waals surface area (Å²) in [5, 5.41) is 6.13. The van der Waals surface area contributed by atoms with Crippen LogP contribution in [0.15, 0.2) is 16.6 Å². The molecule has 1 aliphatic heterocycles. The van der Waals surface area contributed by atoms with E-state index < -0.39 is 0 Å². The van der Waals surface area contributed by atoms with Crippen molar-refractivity contribution < 1.29 is 14.3 Å². The maximum Gasteiger partial charge on any atom is 0.251 e. The maximum atomic E-state index is 12.2. The minimum Gasteiger partial charge on any atom is -0.493 e. The van der Waals surface area contributed by atoms with Gasteiger partial charge in [-0.2, -0.15) is 0 Å². The summed E-state index contributed by atoms with van der Waals surface area (Å²) in [6.45, 7) is 5.28. The molecule has 2 N–H and O–H groups in total. The fourth-order valence-electron chi connectivity index (χ4n) is 2.03. The fourth-order valence-corrected chi connectivity index (χ4v) is 2.58. The van der Waals surface area contributed by atoms with Gasteiger partial charge in [0.25, 0.3) is 5.91 Å². The quantitative estimate of drug-likeness (QED) is 0.786. The van der Waals surface area contributed by atoms with Crippen molar-refractivity contribution in [1.82, 2.24) is 10.6 Å². The van der Waals surface area contributed by atoms with Crippen molar-refractivity contribution in [2.45, 2.75) is 13.3 Å². The van der Waals surface area contributed by atoms with Crippen molar-refractivity contribution in [2.24, 2.45) is 5.92 Å². The predicted octanol–water partition coefficient (Wildman–Crippen LogP) is 2.20. The van der Waals surface area contributed by atoms with Gasteiger partial charge in [0.05, 0.1) is 18.2 Å². The summed E-state index contributed by atoms with van der Waals surface area (Å²) in [6.07, 6.45) is 0.910. The first kappa shape index (κ1) is 16.1. The Labute approximate surface area is 133 Å². The Bertz CT molecular complexity index is 504. The summed E-state index contributed by atoms with van der Waals surface area (Å²) in [5.41, 5.74) is 0.565. The Hall–Kier alpha value is -1.27. The van der Waals surface area contributed by atoms with E-state index in [9.17, 15) is 4.79 Å². The fraction of sp³-hybridized carbons (Fsp3) is 0.533. The molecule has 1 aliphatic rings. The number of hydrogen-bond acceptors (Lipinski definition) is 4. The summed E-state index contributed by atoms with van der Waals surface area (Å²) in [4.78, 5) is 12.2. The van der Waals surface area contributed by atoms with E-state index >= 15 is 0 Å². The van der Waals surface area contributed by atoms with Crippen LogP contribution in [0.2, 0.25) is 0 Å². The molecule has 1 heterocycles. The molecule has 1 fully saturated rings. The number of nitrogens with one attached hydrogen (secondary N) is 2. The Kier molecular flexibility index (Phi) is 5.87. The topological polar surface area (TPSA) is 59.6 Å². The second-order valence-corrected chi connectivity index (χ2v) is 5.93. The summed E-state index contributed by atoms with van der Waals surface area (Å²) in [6, 6.07) is 3.48. The van der Waals surface area contributed by atoms with Gasteiger partial charge < -0.3 is 20.1 Å². The van der Waals surface area contributed by atoms with Gasteiger partial charge in [-0.1, -0.05) is 6.92 Å². The summed E-state index contributed by atoms with van der Waals surface area (Å²) < 4.78 is 11.7. The largest absolute Gasteiger partial charge is 0.493 e. The van der Waals surface area contributed by atoms with Crippen LogP contribution in [0.4, 0.5) is 0 Å². The molecule has 1 amide bonds. The molecule has 0 aromatic heterocycles. The molecule has 1 saturated heterocycles. The highest BCUT2D eigenvalue weighted by Gasteiger charge is 2.19. The van der Waals surface area contributed by atoms with E-state index in [0.29, 0.717) is 36.1 Å². The van der Waals surface area contributed by atoms with Crippen LogP contribution < -0.4 is 20.1 Å². The van der Waals surface area contributed by atoms with Gasteiger partial charge in [-0.3, -0.25) is 4.79 Å². The molecule has 0 aliphatic carbocycles. The van der Waals surface area contributed by atoms with Crippen LogP contribution in [0.25, 0.3) is 0 Å². The van der Waals surface area contributed by atoms with E-state index in [1.54, 1.807) is 19.2 Å². The average Bonchev–Trinajstić information content (AvgIpc) is 2.43. The Balaban J connectivity index is 2.08. The lowest BCUT2D eigenvalue weighted by molar-refractivity contribution is 0.0941. The van der Waals surface area contributed by atoms with Crippen LogP contribution in [0.3, 0.4) is 0 Å². The third-order valence-electron chi connectivity index (χ3n) is 3.36. The van der Waals surface area contributed by atoms with Crippen LogP contribution in [-0.2, 0) is 0 Å². The van der Waals surface area contributed by atoms with Crippen molar-refractivity contribution in [1.29, 1.82) is 0 Å². The molecule has 5 nitrogen and oxygen atoms in total. The van der Waals surface area contributed by atoms with E-state index in [2.05, 4.69) is 26.6 Å². The van der Waals surface area contributed by atoms with Crippen molar-refractivity contribution >= 4 is 21.8 Å². The van der Waals surface area contributed by atoms with Gasteiger partial charge in [-0.25, -0.2) is 0 Å². The van der Waals surface area contributed by atoms with Crippen molar-refractivity contribution in [2.75, 3.05) is 33.4 Å². The second kappa shape index (κ2) is 7.66. The normalized spacial score (nSPS) is 14.4. The van der Waals surface area contributed by atoms with Crippen LogP contribution >= 0.6 is 15.9 Å². The summed E-state index contributed by atoms with van der Waals surface area (Å²) >= 11 is 3.45. The highest BCUT2D eigenvalue weighted by Crippen LogP contribution is 2.36. The molecular formula is C15H21BrN2O3. The minimum absolute atomic E-state index is 0.0945. The molecule has 0 saturated carbocycles. The zero-order valence-corrected chi connectivity index (χ0v) is 14.0. The maximum absolute atomic E-state index is 12.2. The highest BCUT2D eigenvalue weighted by molar-refractivity contribution is 9.10. The van der Waals surface area contributed by atoms with Crippen LogP contribution in [0, 0.1) is 5.92 Å². The lowest BCUT2D eigenvalue weighted by atomic mass is 10.0. The molecule has 21 heavy (non-hydrogen) atoms. The van der Waals surface area contributed by atoms with E-state index in [-0.39, 0.29) is 5.91 Å². The molecule has 0 unspecified atom stereocenters. The minimum atomic E-state index is -0.0945. The van der Waals surface area contributed by atoms with Gasteiger partial charge in [0.2, 0.25) is 0 Å². The lowest BCUT2D eigenvalue weighted by Gasteiger charge is -2.27. The number of rotatable bonds is 7. The van der Waals surface area contributed by atoms with Gasteiger partial charge >= 0.3 is 0 Å². The summed E-state index contributed by atoms with van der Waals surface area (Å²) in [7, 11) is 1.57. The molecule has 0 atom stereocenters. The van der Waals surface area contributed by atoms with E-state index in [0.717, 1.165) is 24.0 Å². The first-order chi connectivity index (χ1) is 10.2. The first-order valence-electron chi connectivity index (χ1n) is 7.15. The zero-order valence-electron chi connectivity index (χ0n) is 12.4. The van der Waals surface area contributed by atoms with Gasteiger partial charge in [0, 0.05) is 31.1 Å². The Morgan fingerprint density at radius 3 is 2.81 bits per heavy atom. The molecule has 0 bridgehead atoms. The zero-order chi connectivity index (χ0) is 15.2.